The van der Waals surface area contributed by atoms with Crippen LogP contribution in [0.25, 0.3) is 0 Å². The molecule has 1 amide bonds. The molecule has 0 unspecified atom stereocenters. The Morgan fingerprint density at radius 2 is 1.86 bits per heavy atom. The average molecular weight is 327 g/mol. The summed E-state index contributed by atoms with van der Waals surface area (Å²) in [5.74, 6) is -0.997. The lowest BCUT2D eigenvalue weighted by molar-refractivity contribution is -0.119. The smallest absolute Gasteiger partial charge is 0.235 e. The zero-order chi connectivity index (χ0) is 16.3. The fourth-order valence-corrected chi connectivity index (χ4v) is 4.17. The fraction of sp³-hybridized carbons (Fsp3) is 0.562. The standard InChI is InChI=1S/C16H22FNO3S/c1-11(2)9-22(20,21)10-15(19)18-16(12-3-4-12)13-5-7-14(17)8-6-13/h5-8,11-12,16H,3-4,9-10H2,1-2H3,(H,18,19)/t16-/m1/s1. The lowest BCUT2D eigenvalue weighted by Crippen LogP contribution is -2.35. The van der Waals surface area contributed by atoms with Crippen molar-refractivity contribution in [3.8, 4) is 0 Å². The molecule has 6 heteroatoms. The molecule has 2 rings (SSSR count). The van der Waals surface area contributed by atoms with Gasteiger partial charge in [0, 0.05) is 0 Å². The van der Waals surface area contributed by atoms with E-state index in [9.17, 15) is 17.6 Å². The van der Waals surface area contributed by atoms with Crippen LogP contribution in [0.2, 0.25) is 0 Å². The molecular weight excluding hydrogens is 305 g/mol. The van der Waals surface area contributed by atoms with Crippen molar-refractivity contribution in [1.29, 1.82) is 0 Å². The summed E-state index contributed by atoms with van der Waals surface area (Å²) in [6.45, 7) is 3.61. The van der Waals surface area contributed by atoms with Crippen LogP contribution in [0.3, 0.4) is 0 Å². The largest absolute Gasteiger partial charge is 0.348 e. The number of amides is 1. The lowest BCUT2D eigenvalue weighted by Gasteiger charge is -2.19. The summed E-state index contributed by atoms with van der Waals surface area (Å²) in [6.07, 6.45) is 1.97. The van der Waals surface area contributed by atoms with Gasteiger partial charge in [0.15, 0.2) is 9.84 Å². The fourth-order valence-electron chi connectivity index (χ4n) is 2.55. The molecule has 0 heterocycles. The van der Waals surface area contributed by atoms with Crippen molar-refractivity contribution in [2.24, 2.45) is 11.8 Å². The normalized spacial score (nSPS) is 16.5. The molecule has 1 aliphatic carbocycles. The maximum Gasteiger partial charge on any atom is 0.235 e. The van der Waals surface area contributed by atoms with E-state index in [0.717, 1.165) is 18.4 Å². The molecule has 22 heavy (non-hydrogen) atoms. The maximum atomic E-state index is 13.0. The molecule has 1 aromatic carbocycles. The highest BCUT2D eigenvalue weighted by atomic mass is 32.2. The molecule has 1 aliphatic rings. The molecular formula is C16H22FNO3S. The minimum Gasteiger partial charge on any atom is -0.348 e. The Hall–Kier alpha value is -1.43. The van der Waals surface area contributed by atoms with Crippen molar-refractivity contribution >= 4 is 15.7 Å². The van der Waals surface area contributed by atoms with Crippen molar-refractivity contribution in [3.05, 3.63) is 35.6 Å². The highest BCUT2D eigenvalue weighted by molar-refractivity contribution is 7.92. The topological polar surface area (TPSA) is 63.2 Å². The number of benzene rings is 1. The van der Waals surface area contributed by atoms with Gasteiger partial charge in [0.05, 0.1) is 11.8 Å². The van der Waals surface area contributed by atoms with Crippen molar-refractivity contribution in [3.63, 3.8) is 0 Å². The van der Waals surface area contributed by atoms with Gasteiger partial charge in [-0.25, -0.2) is 12.8 Å². The van der Waals surface area contributed by atoms with E-state index in [4.69, 9.17) is 0 Å². The molecule has 1 aromatic rings. The highest BCUT2D eigenvalue weighted by Crippen LogP contribution is 2.41. The Morgan fingerprint density at radius 1 is 1.27 bits per heavy atom. The van der Waals surface area contributed by atoms with Crippen molar-refractivity contribution in [1.82, 2.24) is 5.32 Å². The SMILES string of the molecule is CC(C)CS(=O)(=O)CC(=O)N[C@@H](c1ccc(F)cc1)C1CC1. The van der Waals surface area contributed by atoms with E-state index in [1.54, 1.807) is 26.0 Å². The van der Waals surface area contributed by atoms with Crippen molar-refractivity contribution in [2.75, 3.05) is 11.5 Å². The summed E-state index contributed by atoms with van der Waals surface area (Å²) in [4.78, 5) is 12.1. The van der Waals surface area contributed by atoms with Gasteiger partial charge in [-0.05, 0) is 42.4 Å². The summed E-state index contributed by atoms with van der Waals surface area (Å²) in [7, 11) is -3.39. The number of carbonyl (C=O) groups excluding carboxylic acids is 1. The zero-order valence-corrected chi connectivity index (χ0v) is 13.7. The molecule has 0 aromatic heterocycles. The summed E-state index contributed by atoms with van der Waals surface area (Å²) in [5.41, 5.74) is 0.818. The van der Waals surface area contributed by atoms with E-state index < -0.39 is 21.5 Å². The van der Waals surface area contributed by atoms with Crippen LogP contribution in [0, 0.1) is 17.7 Å². The molecule has 0 radical (unpaired) electrons. The Labute approximate surface area is 131 Å². The van der Waals surface area contributed by atoms with Gasteiger partial charge in [-0.1, -0.05) is 26.0 Å². The number of sulfone groups is 1. The third-order valence-corrected chi connectivity index (χ3v) is 5.45. The highest BCUT2D eigenvalue weighted by Gasteiger charge is 2.34. The number of nitrogens with one attached hydrogen (secondary N) is 1. The number of hydrogen-bond acceptors (Lipinski definition) is 3. The van der Waals surface area contributed by atoms with Crippen molar-refractivity contribution < 1.29 is 17.6 Å². The second kappa shape index (κ2) is 6.77. The minimum atomic E-state index is -3.39. The van der Waals surface area contributed by atoms with Gasteiger partial charge in [-0.15, -0.1) is 0 Å². The second-order valence-corrected chi connectivity index (χ2v) is 8.49. The van der Waals surface area contributed by atoms with Crippen LogP contribution in [0.1, 0.15) is 38.3 Å². The Balaban J connectivity index is 2.02. The first-order valence-electron chi connectivity index (χ1n) is 7.52. The van der Waals surface area contributed by atoms with Crippen LogP contribution in [0.15, 0.2) is 24.3 Å². The summed E-state index contributed by atoms with van der Waals surface area (Å²) in [6, 6.07) is 5.75. The first-order chi connectivity index (χ1) is 10.3. The quantitative estimate of drug-likeness (QED) is 0.837. The first-order valence-corrected chi connectivity index (χ1v) is 9.34. The molecule has 1 fully saturated rings. The molecule has 0 saturated heterocycles. The van der Waals surface area contributed by atoms with Crippen LogP contribution in [-0.4, -0.2) is 25.8 Å². The molecule has 0 bridgehead atoms. The van der Waals surface area contributed by atoms with Gasteiger partial charge >= 0.3 is 0 Å². The summed E-state index contributed by atoms with van der Waals surface area (Å²) < 4.78 is 36.8. The second-order valence-electron chi connectivity index (χ2n) is 6.38. The maximum absolute atomic E-state index is 13.0. The number of halogens is 1. The van der Waals surface area contributed by atoms with Gasteiger partial charge in [0.1, 0.15) is 11.6 Å². The monoisotopic (exact) mass is 327 g/mol. The molecule has 0 spiro atoms. The molecule has 4 nitrogen and oxygen atoms in total. The summed E-state index contributed by atoms with van der Waals surface area (Å²) in [5, 5.41) is 2.80. The van der Waals surface area contributed by atoms with E-state index in [-0.39, 0.29) is 23.5 Å². The first kappa shape index (κ1) is 16.9. The third-order valence-electron chi connectivity index (χ3n) is 3.58. The molecule has 1 saturated carbocycles. The predicted molar refractivity (Wildman–Crippen MR) is 83.5 cm³/mol. The summed E-state index contributed by atoms with van der Waals surface area (Å²) >= 11 is 0. The number of rotatable bonds is 7. The molecule has 1 N–H and O–H groups in total. The van der Waals surface area contributed by atoms with E-state index in [2.05, 4.69) is 5.32 Å². The van der Waals surface area contributed by atoms with Gasteiger partial charge < -0.3 is 5.32 Å². The minimum absolute atomic E-state index is 0.00502. The van der Waals surface area contributed by atoms with E-state index in [1.165, 1.54) is 12.1 Å². The molecule has 122 valence electrons. The number of hydrogen-bond donors (Lipinski definition) is 1. The van der Waals surface area contributed by atoms with Gasteiger partial charge in [-0.2, -0.15) is 0 Å². The lowest BCUT2D eigenvalue weighted by atomic mass is 10.0. The Kier molecular flexibility index (Phi) is 5.21. The van der Waals surface area contributed by atoms with Gasteiger partial charge in [0.2, 0.25) is 5.91 Å². The zero-order valence-electron chi connectivity index (χ0n) is 12.9. The van der Waals surface area contributed by atoms with Crippen molar-refractivity contribution in [2.45, 2.75) is 32.7 Å². The van der Waals surface area contributed by atoms with E-state index in [1.807, 2.05) is 0 Å². The van der Waals surface area contributed by atoms with Crippen LogP contribution >= 0.6 is 0 Å². The molecule has 0 aliphatic heterocycles. The van der Waals surface area contributed by atoms with E-state index in [0.29, 0.717) is 5.92 Å². The third kappa shape index (κ3) is 5.09. The van der Waals surface area contributed by atoms with Crippen LogP contribution in [-0.2, 0) is 14.6 Å². The predicted octanol–water partition coefficient (Wildman–Crippen LogP) is 2.46. The molecule has 1 atom stereocenters. The Bertz CT molecular complexity index is 621. The van der Waals surface area contributed by atoms with Gasteiger partial charge in [0.25, 0.3) is 0 Å². The van der Waals surface area contributed by atoms with E-state index >= 15 is 0 Å². The number of carbonyl (C=O) groups is 1. The average Bonchev–Trinajstić information content (AvgIpc) is 3.19. The van der Waals surface area contributed by atoms with Gasteiger partial charge in [-0.3, -0.25) is 4.79 Å². The van der Waals surface area contributed by atoms with Crippen LogP contribution in [0.5, 0.6) is 0 Å². The Morgan fingerprint density at radius 3 is 2.36 bits per heavy atom. The van der Waals surface area contributed by atoms with Crippen LogP contribution < -0.4 is 5.32 Å². The van der Waals surface area contributed by atoms with Crippen LogP contribution in [0.4, 0.5) is 4.39 Å².